The molecule has 0 aliphatic carbocycles. The molecule has 26 heavy (non-hydrogen) atoms. The Morgan fingerprint density at radius 2 is 2.12 bits per heavy atom. The Hall–Kier alpha value is -1.30. The number of piperidine rings is 1. The first-order valence-electron chi connectivity index (χ1n) is 9.86. The van der Waals surface area contributed by atoms with Crippen molar-refractivity contribution in [2.75, 3.05) is 50.7 Å². The molecule has 0 spiro atoms. The highest BCUT2D eigenvalue weighted by Crippen LogP contribution is 2.21. The number of nitrogens with one attached hydrogen (secondary N) is 2. The molecule has 144 valence electrons. The minimum Gasteiger partial charge on any atom is -0.369 e. The van der Waals surface area contributed by atoms with Gasteiger partial charge in [0.2, 0.25) is 5.91 Å². The Bertz CT molecular complexity index is 589. The van der Waals surface area contributed by atoms with E-state index in [4.69, 9.17) is 11.6 Å². The van der Waals surface area contributed by atoms with Crippen molar-refractivity contribution in [2.45, 2.75) is 32.2 Å². The molecule has 2 aliphatic heterocycles. The number of nitrogens with zero attached hydrogens (tertiary/aromatic N) is 2. The first-order chi connectivity index (χ1) is 12.6. The van der Waals surface area contributed by atoms with Crippen molar-refractivity contribution in [3.63, 3.8) is 0 Å². The van der Waals surface area contributed by atoms with E-state index < -0.39 is 0 Å². The second-order valence-electron chi connectivity index (χ2n) is 7.53. The van der Waals surface area contributed by atoms with Crippen molar-refractivity contribution in [2.24, 2.45) is 5.92 Å². The number of piperazine rings is 1. The van der Waals surface area contributed by atoms with Crippen LogP contribution in [0.3, 0.4) is 0 Å². The molecule has 0 bridgehead atoms. The number of halogens is 1. The van der Waals surface area contributed by atoms with Gasteiger partial charge in [0.15, 0.2) is 0 Å². The van der Waals surface area contributed by atoms with E-state index in [1.165, 1.54) is 5.69 Å². The highest BCUT2D eigenvalue weighted by atomic mass is 35.5. The maximum atomic E-state index is 12.3. The van der Waals surface area contributed by atoms with Crippen LogP contribution in [0, 0.1) is 5.92 Å². The lowest BCUT2D eigenvalue weighted by atomic mass is 9.92. The van der Waals surface area contributed by atoms with E-state index in [2.05, 4.69) is 33.4 Å². The van der Waals surface area contributed by atoms with E-state index in [1.54, 1.807) is 0 Å². The standard InChI is InChI=1S/C20H31ClN4O/c1-16-14-17(6-8-22-16)20(26)23-7-3-9-24-10-12-25(13-11-24)19-5-2-4-18(21)15-19/h2,4-5,15-17,22H,3,6-14H2,1H3,(H,23,26)/t16-,17-/m0/s1. The highest BCUT2D eigenvalue weighted by Gasteiger charge is 2.24. The van der Waals surface area contributed by atoms with Gasteiger partial charge in [-0.15, -0.1) is 0 Å². The van der Waals surface area contributed by atoms with Crippen molar-refractivity contribution in [1.29, 1.82) is 0 Å². The summed E-state index contributed by atoms with van der Waals surface area (Å²) in [6, 6.07) is 8.54. The third-order valence-corrected chi connectivity index (χ3v) is 5.73. The zero-order chi connectivity index (χ0) is 18.4. The molecule has 1 amide bonds. The van der Waals surface area contributed by atoms with Crippen molar-refractivity contribution in [3.8, 4) is 0 Å². The van der Waals surface area contributed by atoms with Gasteiger partial charge >= 0.3 is 0 Å². The Balaban J connectivity index is 1.31. The number of carbonyl (C=O) groups is 1. The summed E-state index contributed by atoms with van der Waals surface area (Å²) in [5.41, 5.74) is 1.21. The Kier molecular flexibility index (Phi) is 7.17. The number of rotatable bonds is 6. The quantitative estimate of drug-likeness (QED) is 0.746. The van der Waals surface area contributed by atoms with E-state index in [0.29, 0.717) is 6.04 Å². The molecule has 5 nitrogen and oxygen atoms in total. The van der Waals surface area contributed by atoms with Crippen LogP contribution in [0.25, 0.3) is 0 Å². The van der Waals surface area contributed by atoms with Gasteiger partial charge in [0.1, 0.15) is 0 Å². The van der Waals surface area contributed by atoms with Gasteiger partial charge in [-0.25, -0.2) is 0 Å². The third kappa shape index (κ3) is 5.60. The maximum absolute atomic E-state index is 12.3. The summed E-state index contributed by atoms with van der Waals surface area (Å²) in [7, 11) is 0. The summed E-state index contributed by atoms with van der Waals surface area (Å²) in [5, 5.41) is 7.33. The third-order valence-electron chi connectivity index (χ3n) is 5.49. The number of anilines is 1. The summed E-state index contributed by atoms with van der Waals surface area (Å²) < 4.78 is 0. The largest absolute Gasteiger partial charge is 0.369 e. The Morgan fingerprint density at radius 3 is 2.85 bits per heavy atom. The molecule has 2 aliphatic rings. The van der Waals surface area contributed by atoms with Crippen molar-refractivity contribution in [1.82, 2.24) is 15.5 Å². The normalized spacial score (nSPS) is 24.5. The van der Waals surface area contributed by atoms with Crippen LogP contribution in [0.5, 0.6) is 0 Å². The fourth-order valence-corrected chi connectivity index (χ4v) is 4.12. The molecule has 1 aromatic carbocycles. The lowest BCUT2D eigenvalue weighted by Crippen LogP contribution is -2.47. The number of hydrogen-bond donors (Lipinski definition) is 2. The molecule has 0 unspecified atom stereocenters. The van der Waals surface area contributed by atoms with Gasteiger partial charge in [0.25, 0.3) is 0 Å². The van der Waals surface area contributed by atoms with Crippen molar-refractivity contribution < 1.29 is 4.79 Å². The van der Waals surface area contributed by atoms with Crippen molar-refractivity contribution in [3.05, 3.63) is 29.3 Å². The van der Waals surface area contributed by atoms with Crippen molar-refractivity contribution >= 4 is 23.2 Å². The number of amides is 1. The summed E-state index contributed by atoms with van der Waals surface area (Å²) in [6.45, 7) is 9.12. The van der Waals surface area contributed by atoms with Crippen LogP contribution in [0.2, 0.25) is 5.02 Å². The lowest BCUT2D eigenvalue weighted by molar-refractivity contribution is -0.126. The lowest BCUT2D eigenvalue weighted by Gasteiger charge is -2.36. The minimum atomic E-state index is 0.187. The number of benzene rings is 1. The highest BCUT2D eigenvalue weighted by molar-refractivity contribution is 6.30. The topological polar surface area (TPSA) is 47.6 Å². The number of hydrogen-bond acceptors (Lipinski definition) is 4. The molecule has 2 heterocycles. The van der Waals surface area contributed by atoms with Gasteiger partial charge < -0.3 is 15.5 Å². The molecule has 0 aromatic heterocycles. The van der Waals surface area contributed by atoms with Crippen LogP contribution in [0.1, 0.15) is 26.2 Å². The Labute approximate surface area is 162 Å². The predicted octanol–water partition coefficient (Wildman–Crippen LogP) is 2.36. The molecule has 0 saturated carbocycles. The fourth-order valence-electron chi connectivity index (χ4n) is 3.93. The summed E-state index contributed by atoms with van der Waals surface area (Å²) in [6.07, 6.45) is 2.93. The monoisotopic (exact) mass is 378 g/mol. The molecule has 2 N–H and O–H groups in total. The van der Waals surface area contributed by atoms with Gasteiger partial charge in [-0.2, -0.15) is 0 Å². The average Bonchev–Trinajstić information content (AvgIpc) is 2.65. The molecule has 6 heteroatoms. The summed E-state index contributed by atoms with van der Waals surface area (Å²) >= 11 is 6.09. The van der Waals surface area contributed by atoms with Crippen LogP contribution < -0.4 is 15.5 Å². The zero-order valence-electron chi connectivity index (χ0n) is 15.7. The molecule has 1 aromatic rings. The molecular formula is C20H31ClN4O. The SMILES string of the molecule is C[C@H]1C[C@@H](C(=O)NCCCN2CCN(c3cccc(Cl)c3)CC2)CCN1. The zero-order valence-corrected chi connectivity index (χ0v) is 16.5. The van der Waals surface area contributed by atoms with Crippen LogP contribution in [0.4, 0.5) is 5.69 Å². The van der Waals surface area contributed by atoms with E-state index >= 15 is 0 Å². The van der Waals surface area contributed by atoms with Crippen LogP contribution in [-0.2, 0) is 4.79 Å². The molecule has 2 saturated heterocycles. The maximum Gasteiger partial charge on any atom is 0.223 e. The summed E-state index contributed by atoms with van der Waals surface area (Å²) in [5.74, 6) is 0.427. The summed E-state index contributed by atoms with van der Waals surface area (Å²) in [4.78, 5) is 17.1. The first kappa shape index (κ1) is 19.5. The second kappa shape index (κ2) is 9.58. The van der Waals surface area contributed by atoms with Crippen LogP contribution in [-0.4, -0.2) is 62.7 Å². The van der Waals surface area contributed by atoms with E-state index in [1.807, 2.05) is 18.2 Å². The van der Waals surface area contributed by atoms with Gasteiger partial charge in [0.05, 0.1) is 0 Å². The van der Waals surface area contributed by atoms with Crippen LogP contribution in [0.15, 0.2) is 24.3 Å². The second-order valence-corrected chi connectivity index (χ2v) is 7.97. The molecular weight excluding hydrogens is 348 g/mol. The van der Waals surface area contributed by atoms with Gasteiger partial charge in [-0.05, 0) is 57.5 Å². The Morgan fingerprint density at radius 1 is 1.31 bits per heavy atom. The van der Waals surface area contributed by atoms with E-state index in [9.17, 15) is 4.79 Å². The molecule has 3 rings (SSSR count). The van der Waals surface area contributed by atoms with E-state index in [-0.39, 0.29) is 11.8 Å². The molecule has 2 atom stereocenters. The van der Waals surface area contributed by atoms with Gasteiger partial charge in [-0.1, -0.05) is 17.7 Å². The van der Waals surface area contributed by atoms with E-state index in [0.717, 1.165) is 70.1 Å². The number of carbonyl (C=O) groups excluding carboxylic acids is 1. The van der Waals surface area contributed by atoms with Gasteiger partial charge in [0, 0.05) is 55.4 Å². The average molecular weight is 379 g/mol. The molecule has 2 fully saturated rings. The first-order valence-corrected chi connectivity index (χ1v) is 10.2. The van der Waals surface area contributed by atoms with Crippen LogP contribution >= 0.6 is 11.6 Å². The fraction of sp³-hybridized carbons (Fsp3) is 0.650. The van der Waals surface area contributed by atoms with Gasteiger partial charge in [-0.3, -0.25) is 9.69 Å². The molecule has 0 radical (unpaired) electrons. The smallest absolute Gasteiger partial charge is 0.223 e. The minimum absolute atomic E-state index is 0.187. The predicted molar refractivity (Wildman–Crippen MR) is 108 cm³/mol.